The molecule has 0 aliphatic rings. The van der Waals surface area contributed by atoms with Crippen molar-refractivity contribution in [3.05, 3.63) is 58.1 Å². The first kappa shape index (κ1) is 20.5. The first-order chi connectivity index (χ1) is 12.2. The van der Waals surface area contributed by atoms with E-state index in [2.05, 4.69) is 10.0 Å². The molecule has 1 atom stereocenters. The van der Waals surface area contributed by atoms with Gasteiger partial charge in [-0.25, -0.2) is 8.42 Å². The summed E-state index contributed by atoms with van der Waals surface area (Å²) in [6, 6.07) is 10.1. The maximum atomic E-state index is 12.4. The smallest absolute Gasteiger partial charge is 0.261 e. The topological polar surface area (TPSA) is 95.5 Å². The monoisotopic (exact) mass is 416 g/mol. The summed E-state index contributed by atoms with van der Waals surface area (Å²) in [6.07, 6.45) is 0.129. The van der Waals surface area contributed by atoms with Gasteiger partial charge in [-0.05, 0) is 42.8 Å². The lowest BCUT2D eigenvalue weighted by Crippen LogP contribution is -2.35. The Balaban J connectivity index is 2.06. The largest absolute Gasteiger partial charge is 0.394 e. The number of carbonyl (C=O) groups is 1. The molecule has 0 heterocycles. The molecule has 2 aromatic rings. The minimum absolute atomic E-state index is 0.00616. The van der Waals surface area contributed by atoms with Gasteiger partial charge in [-0.1, -0.05) is 35.3 Å². The highest BCUT2D eigenvalue weighted by Gasteiger charge is 2.16. The molecule has 0 aliphatic carbocycles. The Morgan fingerprint density at radius 3 is 2.35 bits per heavy atom. The fourth-order valence-corrected chi connectivity index (χ4v) is 3.55. The number of amides is 1. The summed E-state index contributed by atoms with van der Waals surface area (Å²) in [4.78, 5) is 11.8. The van der Waals surface area contributed by atoms with E-state index in [1.807, 2.05) is 0 Å². The van der Waals surface area contributed by atoms with Crippen molar-refractivity contribution in [1.82, 2.24) is 5.32 Å². The molecule has 1 unspecified atom stereocenters. The summed E-state index contributed by atoms with van der Waals surface area (Å²) in [5.41, 5.74) is 1.06. The van der Waals surface area contributed by atoms with Gasteiger partial charge in [0.1, 0.15) is 0 Å². The predicted octanol–water partition coefficient (Wildman–Crippen LogP) is 2.83. The van der Waals surface area contributed by atoms with E-state index >= 15 is 0 Å². The number of sulfonamides is 1. The van der Waals surface area contributed by atoms with Gasteiger partial charge in [-0.15, -0.1) is 0 Å². The standard InChI is InChI=1S/C17H18Cl2N2O4S/c1-11(10-22)20-17(23)8-12-2-4-13(5-3-12)21-26(24,25)14-6-7-15(18)16(19)9-14/h2-7,9,11,21-22H,8,10H2,1H3,(H,20,23). The molecule has 2 aromatic carbocycles. The van der Waals surface area contributed by atoms with Crippen molar-refractivity contribution in [3.8, 4) is 0 Å². The molecule has 1 amide bonds. The average molecular weight is 417 g/mol. The third-order valence-corrected chi connectivity index (χ3v) is 5.57. The summed E-state index contributed by atoms with van der Waals surface area (Å²) in [5, 5.41) is 12.0. The van der Waals surface area contributed by atoms with Crippen molar-refractivity contribution >= 4 is 44.8 Å². The number of benzene rings is 2. The van der Waals surface area contributed by atoms with Crippen LogP contribution >= 0.6 is 23.2 Å². The van der Waals surface area contributed by atoms with Gasteiger partial charge >= 0.3 is 0 Å². The van der Waals surface area contributed by atoms with Gasteiger partial charge in [0.2, 0.25) is 5.91 Å². The Morgan fingerprint density at radius 2 is 1.77 bits per heavy atom. The Bertz CT molecular complexity index is 886. The van der Waals surface area contributed by atoms with Gasteiger partial charge in [-0.3, -0.25) is 9.52 Å². The lowest BCUT2D eigenvalue weighted by atomic mass is 10.1. The Morgan fingerprint density at radius 1 is 1.12 bits per heavy atom. The van der Waals surface area contributed by atoms with Crippen LogP contribution in [-0.4, -0.2) is 32.1 Å². The molecule has 0 fully saturated rings. The third-order valence-electron chi connectivity index (χ3n) is 3.45. The fourth-order valence-electron chi connectivity index (χ4n) is 2.11. The van der Waals surface area contributed by atoms with Crippen LogP contribution in [0.1, 0.15) is 12.5 Å². The number of nitrogens with one attached hydrogen (secondary N) is 2. The van der Waals surface area contributed by atoms with Crippen LogP contribution in [0.4, 0.5) is 5.69 Å². The molecule has 140 valence electrons. The molecule has 0 radical (unpaired) electrons. The van der Waals surface area contributed by atoms with Gasteiger partial charge in [0.25, 0.3) is 10.0 Å². The van der Waals surface area contributed by atoms with Crippen molar-refractivity contribution in [3.63, 3.8) is 0 Å². The van der Waals surface area contributed by atoms with Crippen molar-refractivity contribution in [1.29, 1.82) is 0 Å². The van der Waals surface area contributed by atoms with Crippen LogP contribution in [0.5, 0.6) is 0 Å². The maximum Gasteiger partial charge on any atom is 0.261 e. The summed E-state index contributed by atoms with van der Waals surface area (Å²) in [5.74, 6) is -0.226. The second kappa shape index (κ2) is 8.73. The predicted molar refractivity (Wildman–Crippen MR) is 102 cm³/mol. The zero-order valence-corrected chi connectivity index (χ0v) is 16.2. The quantitative estimate of drug-likeness (QED) is 0.646. The second-order valence-corrected chi connectivity index (χ2v) is 8.20. The van der Waals surface area contributed by atoms with Crippen LogP contribution in [0.15, 0.2) is 47.4 Å². The molecule has 0 aromatic heterocycles. The minimum Gasteiger partial charge on any atom is -0.394 e. The molecule has 3 N–H and O–H groups in total. The first-order valence-electron chi connectivity index (χ1n) is 7.68. The Kier molecular flexibility index (Phi) is 6.88. The zero-order valence-electron chi connectivity index (χ0n) is 13.9. The number of halogens is 2. The van der Waals surface area contributed by atoms with Crippen LogP contribution in [0.2, 0.25) is 10.0 Å². The second-order valence-electron chi connectivity index (χ2n) is 5.71. The van der Waals surface area contributed by atoms with Crippen molar-refractivity contribution < 1.29 is 18.3 Å². The van der Waals surface area contributed by atoms with Crippen molar-refractivity contribution in [2.45, 2.75) is 24.3 Å². The number of aliphatic hydroxyl groups excluding tert-OH is 1. The number of hydrogen-bond donors (Lipinski definition) is 3. The molecular weight excluding hydrogens is 399 g/mol. The van der Waals surface area contributed by atoms with E-state index in [9.17, 15) is 13.2 Å². The summed E-state index contributed by atoms with van der Waals surface area (Å²) >= 11 is 11.7. The minimum atomic E-state index is -3.81. The van der Waals surface area contributed by atoms with E-state index in [0.717, 1.165) is 0 Å². The number of hydrogen-bond acceptors (Lipinski definition) is 4. The van der Waals surface area contributed by atoms with E-state index in [4.69, 9.17) is 28.3 Å². The molecular formula is C17H18Cl2N2O4S. The van der Waals surface area contributed by atoms with Gasteiger partial charge in [0.05, 0.1) is 28.0 Å². The first-order valence-corrected chi connectivity index (χ1v) is 9.92. The average Bonchev–Trinajstić information content (AvgIpc) is 2.58. The van der Waals surface area contributed by atoms with Crippen LogP contribution in [0.3, 0.4) is 0 Å². The van der Waals surface area contributed by atoms with E-state index in [1.54, 1.807) is 31.2 Å². The van der Waals surface area contributed by atoms with E-state index in [1.165, 1.54) is 18.2 Å². The molecule has 0 bridgehead atoms. The highest BCUT2D eigenvalue weighted by Crippen LogP contribution is 2.26. The van der Waals surface area contributed by atoms with E-state index in [0.29, 0.717) is 11.3 Å². The Hall–Kier alpha value is -1.80. The highest BCUT2D eigenvalue weighted by molar-refractivity contribution is 7.92. The lowest BCUT2D eigenvalue weighted by Gasteiger charge is -2.11. The normalized spacial score (nSPS) is 12.5. The number of anilines is 1. The van der Waals surface area contributed by atoms with Gasteiger partial charge < -0.3 is 10.4 Å². The molecule has 0 spiro atoms. The third kappa shape index (κ3) is 5.60. The van der Waals surface area contributed by atoms with Crippen LogP contribution < -0.4 is 10.0 Å². The van der Waals surface area contributed by atoms with Crippen LogP contribution in [-0.2, 0) is 21.2 Å². The zero-order chi connectivity index (χ0) is 19.3. The molecule has 6 nitrogen and oxygen atoms in total. The number of rotatable bonds is 7. The number of carbonyl (C=O) groups excluding carboxylic acids is 1. The molecule has 0 aliphatic heterocycles. The number of aliphatic hydroxyl groups is 1. The molecule has 0 saturated carbocycles. The summed E-state index contributed by atoms with van der Waals surface area (Å²) in [6.45, 7) is 1.56. The summed E-state index contributed by atoms with van der Waals surface area (Å²) < 4.78 is 27.2. The van der Waals surface area contributed by atoms with Crippen LogP contribution in [0, 0.1) is 0 Å². The van der Waals surface area contributed by atoms with Gasteiger partial charge in [0, 0.05) is 11.7 Å². The molecule has 26 heavy (non-hydrogen) atoms. The molecule has 9 heteroatoms. The van der Waals surface area contributed by atoms with E-state index in [-0.39, 0.29) is 39.9 Å². The van der Waals surface area contributed by atoms with Gasteiger partial charge in [-0.2, -0.15) is 0 Å². The van der Waals surface area contributed by atoms with Gasteiger partial charge in [0.15, 0.2) is 0 Å². The maximum absolute atomic E-state index is 12.4. The SMILES string of the molecule is CC(CO)NC(=O)Cc1ccc(NS(=O)(=O)c2ccc(Cl)c(Cl)c2)cc1. The van der Waals surface area contributed by atoms with Crippen molar-refractivity contribution in [2.75, 3.05) is 11.3 Å². The summed E-state index contributed by atoms with van der Waals surface area (Å²) in [7, 11) is -3.81. The van der Waals surface area contributed by atoms with E-state index < -0.39 is 10.0 Å². The highest BCUT2D eigenvalue weighted by atomic mass is 35.5. The molecule has 2 rings (SSSR count). The lowest BCUT2D eigenvalue weighted by molar-refractivity contribution is -0.121. The van der Waals surface area contributed by atoms with Crippen molar-refractivity contribution in [2.24, 2.45) is 0 Å². The Labute approximate surface area is 162 Å². The fraction of sp³-hybridized carbons (Fsp3) is 0.235. The molecule has 0 saturated heterocycles. The van der Waals surface area contributed by atoms with Crippen LogP contribution in [0.25, 0.3) is 0 Å².